The van der Waals surface area contributed by atoms with Crippen molar-refractivity contribution in [3.63, 3.8) is 0 Å². The van der Waals surface area contributed by atoms with Crippen molar-refractivity contribution in [3.8, 4) is 0 Å². The molecule has 4 nitrogen and oxygen atoms in total. The molecule has 0 aliphatic carbocycles. The van der Waals surface area contributed by atoms with E-state index in [0.29, 0.717) is 12.2 Å². The lowest BCUT2D eigenvalue weighted by atomic mass is 10.2. The van der Waals surface area contributed by atoms with Crippen molar-refractivity contribution in [2.24, 2.45) is 5.84 Å². The number of rotatable bonds is 2. The lowest BCUT2D eigenvalue weighted by molar-refractivity contribution is -0.138. The van der Waals surface area contributed by atoms with Crippen LogP contribution in [0.3, 0.4) is 0 Å². The maximum Gasteiger partial charge on any atom is 0.293 e. The van der Waals surface area contributed by atoms with Crippen molar-refractivity contribution >= 4 is 23.8 Å². The fourth-order valence-electron chi connectivity index (χ4n) is 0.730. The summed E-state index contributed by atoms with van der Waals surface area (Å²) >= 11 is 5.39. The Bertz CT molecular complexity index is 367. The molecular weight excluding hydrogens is 247 g/mol. The molecular formula is C11H16ClFN2O2. The van der Waals surface area contributed by atoms with E-state index < -0.39 is 5.82 Å². The molecule has 0 aromatic heterocycles. The highest BCUT2D eigenvalue weighted by atomic mass is 35.5. The van der Waals surface area contributed by atoms with Crippen LogP contribution in [-0.2, 0) is 9.53 Å². The predicted molar refractivity (Wildman–Crippen MR) is 66.1 cm³/mol. The zero-order chi connectivity index (χ0) is 13.5. The van der Waals surface area contributed by atoms with Gasteiger partial charge in [0.15, 0.2) is 0 Å². The molecule has 1 aromatic rings. The molecule has 3 N–H and O–H groups in total. The van der Waals surface area contributed by atoms with Crippen molar-refractivity contribution in [1.29, 1.82) is 0 Å². The molecule has 0 aliphatic rings. The Labute approximate surface area is 105 Å². The molecule has 0 aliphatic heterocycles. The van der Waals surface area contributed by atoms with Gasteiger partial charge in [0.25, 0.3) is 6.47 Å². The Balaban J connectivity index is 0.000000325. The maximum atomic E-state index is 12.5. The Morgan fingerprint density at radius 1 is 1.47 bits per heavy atom. The third kappa shape index (κ3) is 7.54. The van der Waals surface area contributed by atoms with Gasteiger partial charge >= 0.3 is 0 Å². The third-order valence-corrected chi connectivity index (χ3v) is 1.79. The minimum Gasteiger partial charge on any atom is -0.462 e. The van der Waals surface area contributed by atoms with Gasteiger partial charge in [-0.1, -0.05) is 11.6 Å². The standard InChI is InChI=1S/C6H6ClFN2.C5H10O2/c7-5-2-1-4(10-9)3-6(5)8;1-5(2,3)7-4-6/h1-3,10H,9H2;4H,1-3H3. The molecule has 0 spiro atoms. The number of ether oxygens (including phenoxy) is 1. The minimum atomic E-state index is -0.475. The molecule has 0 radical (unpaired) electrons. The van der Waals surface area contributed by atoms with E-state index in [9.17, 15) is 9.18 Å². The Morgan fingerprint density at radius 2 is 2.06 bits per heavy atom. The topological polar surface area (TPSA) is 64.3 Å². The lowest BCUT2D eigenvalue weighted by Crippen LogP contribution is -2.17. The van der Waals surface area contributed by atoms with Gasteiger partial charge in [0.1, 0.15) is 11.4 Å². The number of nitrogens with two attached hydrogens (primary N) is 1. The number of nitrogen functional groups attached to an aromatic ring is 1. The van der Waals surface area contributed by atoms with Crippen LogP contribution in [0.2, 0.25) is 5.02 Å². The summed E-state index contributed by atoms with van der Waals surface area (Å²) in [6, 6.07) is 4.25. The van der Waals surface area contributed by atoms with E-state index in [1.54, 1.807) is 6.07 Å². The number of hydrazine groups is 1. The zero-order valence-electron chi connectivity index (χ0n) is 9.96. The highest BCUT2D eigenvalue weighted by molar-refractivity contribution is 6.30. The lowest BCUT2D eigenvalue weighted by Gasteiger charge is -2.14. The molecule has 0 saturated carbocycles. The van der Waals surface area contributed by atoms with Gasteiger partial charge in [0.05, 0.1) is 10.7 Å². The number of halogens is 2. The zero-order valence-corrected chi connectivity index (χ0v) is 10.7. The quantitative estimate of drug-likeness (QED) is 0.489. The summed E-state index contributed by atoms with van der Waals surface area (Å²) in [5.74, 6) is 4.53. The van der Waals surface area contributed by atoms with Crippen molar-refractivity contribution < 1.29 is 13.9 Å². The number of anilines is 1. The van der Waals surface area contributed by atoms with Gasteiger partial charge in [0, 0.05) is 0 Å². The van der Waals surface area contributed by atoms with E-state index in [4.69, 9.17) is 17.4 Å². The van der Waals surface area contributed by atoms with Crippen LogP contribution < -0.4 is 11.3 Å². The van der Waals surface area contributed by atoms with Crippen molar-refractivity contribution in [2.75, 3.05) is 5.43 Å². The summed E-state index contributed by atoms with van der Waals surface area (Å²) in [6.07, 6.45) is 0. The van der Waals surface area contributed by atoms with Crippen LogP contribution in [-0.4, -0.2) is 12.1 Å². The summed E-state index contributed by atoms with van der Waals surface area (Å²) in [7, 11) is 0. The van der Waals surface area contributed by atoms with Crippen LogP contribution in [0, 0.1) is 5.82 Å². The molecule has 0 unspecified atom stereocenters. The predicted octanol–water partition coefficient (Wildman–Crippen LogP) is 2.72. The second kappa shape index (κ2) is 7.09. The molecule has 0 fully saturated rings. The second-order valence-electron chi connectivity index (χ2n) is 4.10. The normalized spacial score (nSPS) is 10.0. The van der Waals surface area contributed by atoms with Gasteiger partial charge in [-0.05, 0) is 39.0 Å². The van der Waals surface area contributed by atoms with Gasteiger partial charge in [0.2, 0.25) is 0 Å². The van der Waals surface area contributed by atoms with Crippen molar-refractivity contribution in [2.45, 2.75) is 26.4 Å². The summed E-state index contributed by atoms with van der Waals surface area (Å²) in [4.78, 5) is 9.60. The smallest absolute Gasteiger partial charge is 0.293 e. The molecule has 96 valence electrons. The van der Waals surface area contributed by atoms with E-state index in [2.05, 4.69) is 10.2 Å². The van der Waals surface area contributed by atoms with Gasteiger partial charge in [-0.3, -0.25) is 10.6 Å². The highest BCUT2D eigenvalue weighted by Crippen LogP contribution is 2.17. The molecule has 6 heteroatoms. The molecule has 0 saturated heterocycles. The van der Waals surface area contributed by atoms with Crippen molar-refractivity contribution in [1.82, 2.24) is 0 Å². The first-order valence-electron chi connectivity index (χ1n) is 4.83. The maximum absolute atomic E-state index is 12.5. The first kappa shape index (κ1) is 15.7. The highest BCUT2D eigenvalue weighted by Gasteiger charge is 2.07. The SMILES string of the molecule is CC(C)(C)OC=O.NNc1ccc(Cl)c(F)c1. The number of benzene rings is 1. The van der Waals surface area contributed by atoms with E-state index in [1.165, 1.54) is 12.1 Å². The molecule has 0 bridgehead atoms. The monoisotopic (exact) mass is 262 g/mol. The molecule has 0 atom stereocenters. The molecule has 1 aromatic carbocycles. The van der Waals surface area contributed by atoms with Crippen molar-refractivity contribution in [3.05, 3.63) is 29.0 Å². The van der Waals surface area contributed by atoms with Gasteiger partial charge < -0.3 is 10.2 Å². The van der Waals surface area contributed by atoms with Gasteiger partial charge in [-0.25, -0.2) is 4.39 Å². The van der Waals surface area contributed by atoms with Crippen LogP contribution in [0.1, 0.15) is 20.8 Å². The van der Waals surface area contributed by atoms with Crippen LogP contribution >= 0.6 is 11.6 Å². The first-order chi connectivity index (χ1) is 7.80. The third-order valence-electron chi connectivity index (χ3n) is 1.49. The molecule has 0 amide bonds. The molecule has 17 heavy (non-hydrogen) atoms. The second-order valence-corrected chi connectivity index (χ2v) is 4.51. The summed E-state index contributed by atoms with van der Waals surface area (Å²) in [5.41, 5.74) is 2.48. The van der Waals surface area contributed by atoms with Crippen LogP contribution in [0.15, 0.2) is 18.2 Å². The van der Waals surface area contributed by atoms with E-state index >= 15 is 0 Å². The van der Waals surface area contributed by atoms with E-state index in [1.807, 2.05) is 20.8 Å². The number of carbonyl (C=O) groups excluding carboxylic acids is 1. The summed E-state index contributed by atoms with van der Waals surface area (Å²) in [5, 5.41) is 0.0963. The van der Waals surface area contributed by atoms with E-state index in [0.717, 1.165) is 0 Å². The summed E-state index contributed by atoms with van der Waals surface area (Å²) < 4.78 is 17.1. The fourth-order valence-corrected chi connectivity index (χ4v) is 0.848. The van der Waals surface area contributed by atoms with Gasteiger partial charge in [-0.15, -0.1) is 0 Å². The molecule has 1 rings (SSSR count). The Kier molecular flexibility index (Phi) is 6.53. The average Bonchev–Trinajstić information content (AvgIpc) is 2.21. The van der Waals surface area contributed by atoms with Crippen LogP contribution in [0.4, 0.5) is 10.1 Å². The number of carbonyl (C=O) groups is 1. The number of nitrogens with one attached hydrogen (secondary N) is 1. The van der Waals surface area contributed by atoms with E-state index in [-0.39, 0.29) is 10.6 Å². The minimum absolute atomic E-state index is 0.0963. The number of hydrogen-bond acceptors (Lipinski definition) is 4. The largest absolute Gasteiger partial charge is 0.462 e. The Morgan fingerprint density at radius 3 is 2.35 bits per heavy atom. The Hall–Kier alpha value is -1.33. The fraction of sp³-hybridized carbons (Fsp3) is 0.364. The average molecular weight is 263 g/mol. The first-order valence-corrected chi connectivity index (χ1v) is 5.21. The molecule has 0 heterocycles. The van der Waals surface area contributed by atoms with Gasteiger partial charge in [-0.2, -0.15) is 0 Å². The summed E-state index contributed by atoms with van der Waals surface area (Å²) in [6.45, 7) is 5.92. The number of hydrogen-bond donors (Lipinski definition) is 2. The van der Waals surface area contributed by atoms with Crippen LogP contribution in [0.25, 0.3) is 0 Å². The van der Waals surface area contributed by atoms with Crippen LogP contribution in [0.5, 0.6) is 0 Å².